The van der Waals surface area contributed by atoms with Gasteiger partial charge in [0.1, 0.15) is 5.69 Å². The lowest BCUT2D eigenvalue weighted by molar-refractivity contribution is -0.134. The number of fused-ring (bicyclic) bond motifs is 1. The zero-order valence-corrected chi connectivity index (χ0v) is 14.0. The second-order valence-corrected chi connectivity index (χ2v) is 7.43. The van der Waals surface area contributed by atoms with E-state index in [1.807, 2.05) is 11.0 Å². The minimum Gasteiger partial charge on any atom is -0.348 e. The molecule has 0 radical (unpaired) electrons. The third kappa shape index (κ3) is 3.04. The topological polar surface area (TPSA) is 62.3 Å². The first-order valence-corrected chi connectivity index (χ1v) is 9.25. The molecular formula is C19H25N3O2. The molecule has 2 heterocycles. The van der Waals surface area contributed by atoms with Crippen LogP contribution in [0.2, 0.25) is 0 Å². The van der Waals surface area contributed by atoms with Crippen molar-refractivity contribution in [1.29, 1.82) is 0 Å². The van der Waals surface area contributed by atoms with E-state index in [0.717, 1.165) is 25.9 Å². The van der Waals surface area contributed by atoms with Crippen LogP contribution >= 0.6 is 0 Å². The van der Waals surface area contributed by atoms with Gasteiger partial charge in [0.2, 0.25) is 5.91 Å². The van der Waals surface area contributed by atoms with Gasteiger partial charge in [-0.1, -0.05) is 18.9 Å². The summed E-state index contributed by atoms with van der Waals surface area (Å²) in [6.07, 6.45) is 8.40. The number of hydrogen-bond donors (Lipinski definition) is 1. The van der Waals surface area contributed by atoms with Crippen molar-refractivity contribution in [2.45, 2.75) is 44.6 Å². The van der Waals surface area contributed by atoms with Crippen LogP contribution in [0.1, 0.15) is 49.0 Å². The van der Waals surface area contributed by atoms with Crippen LogP contribution in [0.25, 0.3) is 0 Å². The lowest BCUT2D eigenvalue weighted by atomic mass is 10.0. The average Bonchev–Trinajstić information content (AvgIpc) is 3.37. The molecule has 3 aliphatic rings. The molecule has 2 aliphatic carbocycles. The first kappa shape index (κ1) is 15.6. The molecule has 1 aromatic heterocycles. The predicted molar refractivity (Wildman–Crippen MR) is 90.2 cm³/mol. The molecule has 5 heteroatoms. The van der Waals surface area contributed by atoms with Crippen LogP contribution in [0, 0.1) is 17.8 Å². The van der Waals surface area contributed by atoms with Gasteiger partial charge < -0.3 is 10.2 Å². The van der Waals surface area contributed by atoms with Crippen molar-refractivity contribution in [2.24, 2.45) is 17.8 Å². The summed E-state index contributed by atoms with van der Waals surface area (Å²) in [6, 6.07) is 5.49. The highest BCUT2D eigenvalue weighted by atomic mass is 16.2. The molecule has 0 spiro atoms. The maximum atomic E-state index is 12.7. The summed E-state index contributed by atoms with van der Waals surface area (Å²) in [4.78, 5) is 31.0. The molecule has 1 unspecified atom stereocenters. The average molecular weight is 327 g/mol. The number of nitrogens with one attached hydrogen (secondary N) is 1. The Labute approximate surface area is 142 Å². The van der Waals surface area contributed by atoms with Gasteiger partial charge in [0.15, 0.2) is 0 Å². The Kier molecular flexibility index (Phi) is 4.25. The van der Waals surface area contributed by atoms with Gasteiger partial charge in [0.05, 0.1) is 0 Å². The highest BCUT2D eigenvalue weighted by Gasteiger charge is 2.55. The van der Waals surface area contributed by atoms with Crippen LogP contribution in [0.15, 0.2) is 24.4 Å². The lowest BCUT2D eigenvalue weighted by Gasteiger charge is -2.32. The molecule has 1 aliphatic heterocycles. The molecule has 1 aromatic rings. The van der Waals surface area contributed by atoms with Crippen LogP contribution in [-0.4, -0.2) is 40.8 Å². The zero-order chi connectivity index (χ0) is 16.5. The van der Waals surface area contributed by atoms with Crippen LogP contribution in [0.4, 0.5) is 0 Å². The molecule has 128 valence electrons. The van der Waals surface area contributed by atoms with Crippen LogP contribution in [-0.2, 0) is 4.79 Å². The summed E-state index contributed by atoms with van der Waals surface area (Å²) in [5, 5.41) is 3.05. The van der Waals surface area contributed by atoms with Crippen molar-refractivity contribution in [3.8, 4) is 0 Å². The van der Waals surface area contributed by atoms with Crippen LogP contribution < -0.4 is 5.32 Å². The van der Waals surface area contributed by atoms with Crippen LogP contribution in [0.3, 0.4) is 0 Å². The first-order valence-electron chi connectivity index (χ1n) is 9.25. The standard InChI is InChI=1S/C19H25N3O2/c23-18(16-7-3-4-10-20-16)21-13-8-11-22(12-9-13)19(24)17-14-5-1-2-6-15(14)17/h3-4,7,10,13-15,17H,1-2,5-6,8-9,11-12H2,(H,21,23)/t14-,15+,17?. The lowest BCUT2D eigenvalue weighted by Crippen LogP contribution is -2.47. The van der Waals surface area contributed by atoms with Gasteiger partial charge in [-0.2, -0.15) is 0 Å². The number of hydrogen-bond acceptors (Lipinski definition) is 3. The number of carbonyl (C=O) groups is 2. The number of carbonyl (C=O) groups excluding carboxylic acids is 2. The number of likely N-dealkylation sites (tertiary alicyclic amines) is 1. The minimum atomic E-state index is -0.117. The highest BCUT2D eigenvalue weighted by molar-refractivity contribution is 5.92. The van der Waals surface area contributed by atoms with Crippen molar-refractivity contribution < 1.29 is 9.59 Å². The van der Waals surface area contributed by atoms with E-state index in [9.17, 15) is 9.59 Å². The second-order valence-electron chi connectivity index (χ2n) is 7.43. The molecule has 5 nitrogen and oxygen atoms in total. The van der Waals surface area contributed by atoms with Crippen molar-refractivity contribution in [1.82, 2.24) is 15.2 Å². The number of rotatable bonds is 3. The Morgan fingerprint density at radius 3 is 2.38 bits per heavy atom. The van der Waals surface area contributed by atoms with Gasteiger partial charge in [-0.3, -0.25) is 14.6 Å². The molecule has 24 heavy (non-hydrogen) atoms. The van der Waals surface area contributed by atoms with Crippen molar-refractivity contribution in [3.63, 3.8) is 0 Å². The summed E-state index contributed by atoms with van der Waals surface area (Å²) in [7, 11) is 0. The molecular weight excluding hydrogens is 302 g/mol. The van der Waals surface area contributed by atoms with Gasteiger partial charge in [0, 0.05) is 31.2 Å². The van der Waals surface area contributed by atoms with Gasteiger partial charge in [-0.15, -0.1) is 0 Å². The Morgan fingerprint density at radius 1 is 1.04 bits per heavy atom. The summed E-state index contributed by atoms with van der Waals surface area (Å²) in [5.74, 6) is 1.92. The third-order valence-electron chi connectivity index (χ3n) is 5.98. The summed E-state index contributed by atoms with van der Waals surface area (Å²) in [5.41, 5.74) is 0.457. The first-order chi connectivity index (χ1) is 11.7. The Morgan fingerprint density at radius 2 is 1.75 bits per heavy atom. The molecule has 1 N–H and O–H groups in total. The van der Waals surface area contributed by atoms with E-state index >= 15 is 0 Å². The smallest absolute Gasteiger partial charge is 0.270 e. The zero-order valence-electron chi connectivity index (χ0n) is 14.0. The fraction of sp³-hybridized carbons (Fsp3) is 0.632. The molecule has 2 amide bonds. The van der Waals surface area contributed by atoms with E-state index in [1.165, 1.54) is 25.7 Å². The Hall–Kier alpha value is -1.91. The fourth-order valence-electron chi connectivity index (χ4n) is 4.57. The number of nitrogens with zero attached hydrogens (tertiary/aromatic N) is 2. The molecule has 2 saturated carbocycles. The van der Waals surface area contributed by atoms with E-state index < -0.39 is 0 Å². The van der Waals surface area contributed by atoms with Gasteiger partial charge in [0.25, 0.3) is 5.91 Å². The summed E-state index contributed by atoms with van der Waals surface area (Å²) >= 11 is 0. The molecule has 3 fully saturated rings. The monoisotopic (exact) mass is 327 g/mol. The maximum absolute atomic E-state index is 12.7. The van der Waals surface area contributed by atoms with E-state index in [0.29, 0.717) is 29.4 Å². The number of piperidine rings is 1. The van der Waals surface area contributed by atoms with Gasteiger partial charge in [-0.05, 0) is 49.7 Å². The minimum absolute atomic E-state index is 0.117. The maximum Gasteiger partial charge on any atom is 0.270 e. The number of aromatic nitrogens is 1. The molecule has 0 aromatic carbocycles. The van der Waals surface area contributed by atoms with Gasteiger partial charge >= 0.3 is 0 Å². The molecule has 3 atom stereocenters. The quantitative estimate of drug-likeness (QED) is 0.926. The Balaban J connectivity index is 1.26. The highest BCUT2D eigenvalue weighted by Crippen LogP contribution is 2.56. The predicted octanol–water partition coefficient (Wildman–Crippen LogP) is 2.24. The second kappa shape index (κ2) is 6.54. The SMILES string of the molecule is O=C(NC1CCN(C(=O)C2[C@H]3CCCC[C@@H]23)CC1)c1ccccn1. The number of amides is 2. The third-order valence-corrected chi connectivity index (χ3v) is 5.98. The van der Waals surface area contributed by atoms with Crippen LogP contribution in [0.5, 0.6) is 0 Å². The largest absolute Gasteiger partial charge is 0.348 e. The Bertz CT molecular complexity index is 598. The van der Waals surface area contributed by atoms with Crippen molar-refractivity contribution in [3.05, 3.63) is 30.1 Å². The fourth-order valence-corrected chi connectivity index (χ4v) is 4.57. The summed E-state index contributed by atoms with van der Waals surface area (Å²) < 4.78 is 0. The van der Waals surface area contributed by atoms with E-state index in [4.69, 9.17) is 0 Å². The molecule has 0 bridgehead atoms. The van der Waals surface area contributed by atoms with E-state index in [-0.39, 0.29) is 11.9 Å². The van der Waals surface area contributed by atoms with Gasteiger partial charge in [-0.25, -0.2) is 0 Å². The normalized spacial score (nSPS) is 29.7. The van der Waals surface area contributed by atoms with E-state index in [1.54, 1.807) is 18.3 Å². The molecule has 1 saturated heterocycles. The number of pyridine rings is 1. The molecule has 4 rings (SSSR count). The van der Waals surface area contributed by atoms with Crippen molar-refractivity contribution in [2.75, 3.05) is 13.1 Å². The summed E-state index contributed by atoms with van der Waals surface area (Å²) in [6.45, 7) is 1.53. The van der Waals surface area contributed by atoms with E-state index in [2.05, 4.69) is 10.3 Å². The van der Waals surface area contributed by atoms with Crippen molar-refractivity contribution >= 4 is 11.8 Å².